The van der Waals surface area contributed by atoms with Crippen LogP contribution >= 0.6 is 0 Å². The maximum absolute atomic E-state index is 13.5. The lowest BCUT2D eigenvalue weighted by Crippen LogP contribution is -2.16. The van der Waals surface area contributed by atoms with Crippen LogP contribution in [0.2, 0.25) is 0 Å². The van der Waals surface area contributed by atoms with Gasteiger partial charge in [-0.1, -0.05) is 26.0 Å². The molecule has 3 rings (SSSR count). The van der Waals surface area contributed by atoms with Gasteiger partial charge in [0.05, 0.1) is 31.1 Å². The fraction of sp³-hybridized carbons (Fsp3) is 0.318. The van der Waals surface area contributed by atoms with Gasteiger partial charge in [0.25, 0.3) is 10.0 Å². The number of fused-ring (bicyclic) bond motifs is 1. The van der Waals surface area contributed by atoms with Gasteiger partial charge < -0.3 is 9.47 Å². The molecule has 29 heavy (non-hydrogen) atoms. The Labute approximate surface area is 171 Å². The summed E-state index contributed by atoms with van der Waals surface area (Å²) in [6, 6.07) is 13.9. The first-order valence-corrected chi connectivity index (χ1v) is 10.8. The summed E-state index contributed by atoms with van der Waals surface area (Å²) in [5.74, 6) is 0.549. The molecular weight excluding hydrogens is 390 g/mol. The smallest absolute Gasteiger partial charge is 0.305 e. The zero-order valence-electron chi connectivity index (χ0n) is 17.0. The summed E-state index contributed by atoms with van der Waals surface area (Å²) in [6.07, 6.45) is 0.332. The lowest BCUT2D eigenvalue weighted by Gasteiger charge is -2.13. The fourth-order valence-corrected chi connectivity index (χ4v) is 4.84. The molecule has 0 aliphatic heterocycles. The molecule has 0 N–H and O–H groups in total. The Balaban J connectivity index is 2.15. The minimum absolute atomic E-state index is 0.0891. The van der Waals surface area contributed by atoms with Gasteiger partial charge in [-0.15, -0.1) is 0 Å². The molecule has 1 heterocycles. The molecule has 1 aromatic heterocycles. The van der Waals surface area contributed by atoms with Gasteiger partial charge in [0.2, 0.25) is 0 Å². The number of esters is 1. The Kier molecular flexibility index (Phi) is 5.98. The van der Waals surface area contributed by atoms with Gasteiger partial charge in [-0.25, -0.2) is 12.4 Å². The van der Waals surface area contributed by atoms with E-state index in [1.165, 1.54) is 11.1 Å². The molecule has 0 unspecified atom stereocenters. The Morgan fingerprint density at radius 2 is 1.72 bits per heavy atom. The average Bonchev–Trinajstić information content (AvgIpc) is 3.10. The molecule has 0 amide bonds. The molecule has 0 fully saturated rings. The summed E-state index contributed by atoms with van der Waals surface area (Å²) in [5.41, 5.74) is 2.13. The third-order valence-corrected chi connectivity index (χ3v) is 6.71. The Morgan fingerprint density at radius 3 is 2.31 bits per heavy atom. The number of rotatable bonds is 7. The van der Waals surface area contributed by atoms with Crippen LogP contribution in [-0.2, 0) is 26.0 Å². The van der Waals surface area contributed by atoms with Crippen LogP contribution < -0.4 is 4.74 Å². The average molecular weight is 416 g/mol. The first kappa shape index (κ1) is 20.9. The van der Waals surface area contributed by atoms with E-state index in [1.54, 1.807) is 43.5 Å². The van der Waals surface area contributed by atoms with E-state index in [-0.39, 0.29) is 17.7 Å². The maximum Gasteiger partial charge on any atom is 0.305 e. The van der Waals surface area contributed by atoms with Crippen LogP contribution in [0.5, 0.6) is 5.75 Å². The van der Waals surface area contributed by atoms with Gasteiger partial charge in [0.15, 0.2) is 0 Å². The van der Waals surface area contributed by atoms with Crippen LogP contribution in [0.4, 0.5) is 0 Å². The normalized spacial score (nSPS) is 11.8. The first-order chi connectivity index (χ1) is 13.8. The van der Waals surface area contributed by atoms with Crippen molar-refractivity contribution in [1.82, 2.24) is 3.97 Å². The molecule has 0 aliphatic carbocycles. The minimum atomic E-state index is -3.85. The molecule has 0 saturated carbocycles. The number of hydrogen-bond acceptors (Lipinski definition) is 5. The van der Waals surface area contributed by atoms with Crippen molar-refractivity contribution >= 4 is 26.9 Å². The molecule has 0 spiro atoms. The van der Waals surface area contributed by atoms with Gasteiger partial charge >= 0.3 is 5.97 Å². The fourth-order valence-electron chi connectivity index (χ4n) is 3.27. The second-order valence-electron chi connectivity index (χ2n) is 7.13. The van der Waals surface area contributed by atoms with Crippen LogP contribution in [0.3, 0.4) is 0 Å². The van der Waals surface area contributed by atoms with Crippen molar-refractivity contribution < 1.29 is 22.7 Å². The molecule has 3 aromatic rings. The topological polar surface area (TPSA) is 74.6 Å². The zero-order valence-corrected chi connectivity index (χ0v) is 17.8. The summed E-state index contributed by atoms with van der Waals surface area (Å²) in [5, 5.41) is 0.728. The number of carbonyl (C=O) groups excluding carboxylic acids is 1. The van der Waals surface area contributed by atoms with E-state index in [0.29, 0.717) is 22.9 Å². The zero-order chi connectivity index (χ0) is 21.2. The van der Waals surface area contributed by atoms with Crippen molar-refractivity contribution in [2.75, 3.05) is 14.2 Å². The number of hydrogen-bond donors (Lipinski definition) is 0. The molecule has 154 valence electrons. The maximum atomic E-state index is 13.5. The quantitative estimate of drug-likeness (QED) is 0.543. The molecular formula is C22H25NO5S. The number of benzene rings is 2. The lowest BCUT2D eigenvalue weighted by molar-refractivity contribution is -0.140. The van der Waals surface area contributed by atoms with E-state index >= 15 is 0 Å². The van der Waals surface area contributed by atoms with Crippen LogP contribution in [0, 0.1) is 0 Å². The van der Waals surface area contributed by atoms with E-state index in [0.717, 1.165) is 10.9 Å². The monoisotopic (exact) mass is 415 g/mol. The molecule has 0 atom stereocenters. The van der Waals surface area contributed by atoms with Gasteiger partial charge in [-0.2, -0.15) is 0 Å². The number of ether oxygens (including phenoxy) is 2. The van der Waals surface area contributed by atoms with Gasteiger partial charge in [0, 0.05) is 11.1 Å². The second-order valence-corrected chi connectivity index (χ2v) is 8.92. The minimum Gasteiger partial charge on any atom is -0.497 e. The van der Waals surface area contributed by atoms with Crippen molar-refractivity contribution in [3.05, 3.63) is 59.8 Å². The third kappa shape index (κ3) is 4.15. The molecule has 0 radical (unpaired) electrons. The largest absolute Gasteiger partial charge is 0.497 e. The van der Waals surface area contributed by atoms with Crippen molar-refractivity contribution in [2.45, 2.75) is 37.5 Å². The number of aryl methyl sites for hydroxylation is 1. The molecule has 0 aliphatic rings. The predicted molar refractivity (Wildman–Crippen MR) is 112 cm³/mol. The van der Waals surface area contributed by atoms with Crippen LogP contribution in [0.25, 0.3) is 10.9 Å². The molecule has 2 aromatic carbocycles. The first-order valence-electron chi connectivity index (χ1n) is 9.38. The summed E-state index contributed by atoms with van der Waals surface area (Å²) < 4.78 is 38.3. The van der Waals surface area contributed by atoms with Gasteiger partial charge in [0.1, 0.15) is 5.75 Å². The number of methoxy groups -OCH3 is 2. The Morgan fingerprint density at radius 1 is 1.03 bits per heavy atom. The highest BCUT2D eigenvalue weighted by molar-refractivity contribution is 7.90. The second kappa shape index (κ2) is 8.29. The van der Waals surface area contributed by atoms with E-state index in [9.17, 15) is 13.2 Å². The van der Waals surface area contributed by atoms with Crippen molar-refractivity contribution in [3.8, 4) is 5.75 Å². The van der Waals surface area contributed by atoms with Crippen LogP contribution in [-0.4, -0.2) is 32.6 Å². The molecule has 7 heteroatoms. The van der Waals surface area contributed by atoms with E-state index in [2.05, 4.69) is 13.8 Å². The SMILES string of the molecule is COC(=O)CCc1cc2cc(OC)ccc2n1S(=O)(=O)c1ccc(C(C)C)cc1. The van der Waals surface area contributed by atoms with E-state index in [1.807, 2.05) is 12.1 Å². The highest BCUT2D eigenvalue weighted by Gasteiger charge is 2.24. The van der Waals surface area contributed by atoms with Crippen molar-refractivity contribution in [2.24, 2.45) is 0 Å². The highest BCUT2D eigenvalue weighted by Crippen LogP contribution is 2.30. The summed E-state index contributed by atoms with van der Waals surface area (Å²) >= 11 is 0. The van der Waals surface area contributed by atoms with E-state index in [4.69, 9.17) is 9.47 Å². The molecule has 0 bridgehead atoms. The summed E-state index contributed by atoms with van der Waals surface area (Å²) in [6.45, 7) is 4.11. The number of aromatic nitrogens is 1. The van der Waals surface area contributed by atoms with Gasteiger partial charge in [-0.05, 0) is 54.3 Å². The number of carbonyl (C=O) groups is 1. The Hall–Kier alpha value is -2.80. The van der Waals surface area contributed by atoms with Crippen molar-refractivity contribution in [3.63, 3.8) is 0 Å². The van der Waals surface area contributed by atoms with Crippen LogP contribution in [0.15, 0.2) is 53.4 Å². The van der Waals surface area contributed by atoms with E-state index < -0.39 is 16.0 Å². The third-order valence-electron chi connectivity index (χ3n) is 4.93. The molecule has 0 saturated heterocycles. The lowest BCUT2D eigenvalue weighted by atomic mass is 10.0. The molecule has 6 nitrogen and oxygen atoms in total. The van der Waals surface area contributed by atoms with Crippen molar-refractivity contribution in [1.29, 1.82) is 0 Å². The van der Waals surface area contributed by atoms with Gasteiger partial charge in [-0.3, -0.25) is 4.79 Å². The summed E-state index contributed by atoms with van der Waals surface area (Å²) in [4.78, 5) is 11.8. The standard InChI is InChI=1S/C22H25NO5S/c1-15(2)16-5-9-20(10-6-16)29(25,26)23-18(7-12-22(24)28-4)13-17-14-19(27-3)8-11-21(17)23/h5-6,8-11,13-15H,7,12H2,1-4H3. The van der Waals surface area contributed by atoms with Crippen LogP contribution in [0.1, 0.15) is 37.4 Å². The highest BCUT2D eigenvalue weighted by atomic mass is 32.2. The number of nitrogens with zero attached hydrogens (tertiary/aromatic N) is 1. The summed E-state index contributed by atoms with van der Waals surface area (Å²) in [7, 11) is -0.972. The Bertz CT molecular complexity index is 1130. The predicted octanol–water partition coefficient (Wildman–Crippen LogP) is 4.12.